The van der Waals surface area contributed by atoms with E-state index in [2.05, 4.69) is 15.5 Å². The SMILES string of the molecule is COc1ccc(-c2nnc(C)o2)cc1NC1=CC(=O)N(CCO)C1=O. The molecule has 0 aliphatic carbocycles. The summed E-state index contributed by atoms with van der Waals surface area (Å²) < 4.78 is 10.7. The number of hydrogen-bond acceptors (Lipinski definition) is 8. The normalized spacial score (nSPS) is 14.0. The van der Waals surface area contributed by atoms with Crippen molar-refractivity contribution in [2.75, 3.05) is 25.6 Å². The molecule has 0 atom stereocenters. The highest BCUT2D eigenvalue weighted by atomic mass is 16.5. The van der Waals surface area contributed by atoms with Gasteiger partial charge in [0.25, 0.3) is 11.8 Å². The predicted molar refractivity (Wildman–Crippen MR) is 86.5 cm³/mol. The number of carbonyl (C=O) groups excluding carboxylic acids is 2. The molecule has 2 aromatic rings. The molecule has 0 spiro atoms. The molecule has 3 rings (SSSR count). The Bertz CT molecular complexity index is 858. The van der Waals surface area contributed by atoms with Crippen LogP contribution in [0.25, 0.3) is 11.5 Å². The highest BCUT2D eigenvalue weighted by molar-refractivity contribution is 6.17. The standard InChI is InChI=1S/C16H16N4O5/c1-9-18-19-15(25-9)10-3-4-13(24-2)11(7-10)17-12-8-14(22)20(5-6-21)16(12)23/h3-4,7-8,17,21H,5-6H2,1-2H3. The number of amides is 2. The third-order valence-corrected chi connectivity index (χ3v) is 3.57. The lowest BCUT2D eigenvalue weighted by molar-refractivity contribution is -0.137. The lowest BCUT2D eigenvalue weighted by atomic mass is 10.1. The van der Waals surface area contributed by atoms with Gasteiger partial charge in [-0.15, -0.1) is 10.2 Å². The molecule has 1 aliphatic heterocycles. The molecule has 25 heavy (non-hydrogen) atoms. The number of ether oxygens (including phenoxy) is 1. The largest absolute Gasteiger partial charge is 0.495 e. The van der Waals surface area contributed by atoms with Gasteiger partial charge in [0, 0.05) is 18.6 Å². The first-order valence-corrected chi connectivity index (χ1v) is 7.47. The van der Waals surface area contributed by atoms with Crippen molar-refractivity contribution in [1.29, 1.82) is 0 Å². The number of aryl methyl sites for hydroxylation is 1. The van der Waals surface area contributed by atoms with E-state index in [1.165, 1.54) is 13.2 Å². The van der Waals surface area contributed by atoms with Gasteiger partial charge in [-0.2, -0.15) is 0 Å². The Labute approximate surface area is 142 Å². The average Bonchev–Trinajstić information content (AvgIpc) is 3.14. The van der Waals surface area contributed by atoms with E-state index in [1.54, 1.807) is 25.1 Å². The first kappa shape index (κ1) is 16.7. The number of nitrogens with one attached hydrogen (secondary N) is 1. The number of β-amino-alcohol motifs (C(OH)–C–C–N with tert-alkyl or cyclic N) is 1. The van der Waals surface area contributed by atoms with Crippen LogP contribution in [0.15, 0.2) is 34.4 Å². The van der Waals surface area contributed by atoms with Crippen LogP contribution in [0.1, 0.15) is 5.89 Å². The Kier molecular flexibility index (Phi) is 4.48. The predicted octanol–water partition coefficient (Wildman–Crippen LogP) is 0.711. The van der Waals surface area contributed by atoms with E-state index >= 15 is 0 Å². The van der Waals surface area contributed by atoms with Crippen LogP contribution in [0.3, 0.4) is 0 Å². The maximum absolute atomic E-state index is 12.2. The Morgan fingerprint density at radius 1 is 1.32 bits per heavy atom. The number of aromatic nitrogens is 2. The number of methoxy groups -OCH3 is 1. The monoisotopic (exact) mass is 344 g/mol. The third kappa shape index (κ3) is 3.22. The zero-order chi connectivity index (χ0) is 18.0. The number of carbonyl (C=O) groups is 2. The van der Waals surface area contributed by atoms with Crippen LogP contribution in [-0.4, -0.2) is 52.3 Å². The van der Waals surface area contributed by atoms with Crippen LogP contribution in [0.4, 0.5) is 5.69 Å². The Morgan fingerprint density at radius 3 is 2.76 bits per heavy atom. The van der Waals surface area contributed by atoms with Crippen molar-refractivity contribution in [2.24, 2.45) is 0 Å². The highest BCUT2D eigenvalue weighted by Gasteiger charge is 2.31. The summed E-state index contributed by atoms with van der Waals surface area (Å²) in [5.74, 6) is 0.234. The molecule has 2 heterocycles. The van der Waals surface area contributed by atoms with E-state index in [0.29, 0.717) is 28.8 Å². The molecule has 2 amide bonds. The summed E-state index contributed by atoms with van der Waals surface area (Å²) >= 11 is 0. The van der Waals surface area contributed by atoms with Gasteiger partial charge < -0.3 is 19.6 Å². The van der Waals surface area contributed by atoms with Gasteiger partial charge in [0.05, 0.1) is 25.9 Å². The number of aliphatic hydroxyl groups is 1. The van der Waals surface area contributed by atoms with E-state index < -0.39 is 11.8 Å². The fourth-order valence-corrected chi connectivity index (χ4v) is 2.41. The number of nitrogens with zero attached hydrogens (tertiary/aromatic N) is 3. The van der Waals surface area contributed by atoms with Gasteiger partial charge in [0.1, 0.15) is 11.4 Å². The summed E-state index contributed by atoms with van der Waals surface area (Å²) in [6, 6.07) is 5.11. The minimum absolute atomic E-state index is 0.0578. The van der Waals surface area contributed by atoms with E-state index in [-0.39, 0.29) is 18.8 Å². The van der Waals surface area contributed by atoms with Gasteiger partial charge in [-0.25, -0.2) is 0 Å². The Balaban J connectivity index is 1.90. The van der Waals surface area contributed by atoms with Crippen LogP contribution in [0, 0.1) is 6.92 Å². The number of rotatable bonds is 6. The van der Waals surface area contributed by atoms with Gasteiger partial charge >= 0.3 is 0 Å². The second-order valence-corrected chi connectivity index (χ2v) is 5.24. The summed E-state index contributed by atoms with van der Waals surface area (Å²) in [7, 11) is 1.49. The highest BCUT2D eigenvalue weighted by Crippen LogP contribution is 2.31. The van der Waals surface area contributed by atoms with E-state index in [0.717, 1.165) is 4.90 Å². The van der Waals surface area contributed by atoms with Gasteiger partial charge in [-0.05, 0) is 18.2 Å². The van der Waals surface area contributed by atoms with Crippen LogP contribution < -0.4 is 10.1 Å². The van der Waals surface area contributed by atoms with Gasteiger partial charge in [-0.1, -0.05) is 0 Å². The minimum Gasteiger partial charge on any atom is -0.495 e. The van der Waals surface area contributed by atoms with Crippen LogP contribution >= 0.6 is 0 Å². The average molecular weight is 344 g/mol. The molecule has 2 N–H and O–H groups in total. The van der Waals surface area contributed by atoms with Gasteiger partial charge in [0.15, 0.2) is 0 Å². The zero-order valence-electron chi connectivity index (χ0n) is 13.6. The fourth-order valence-electron chi connectivity index (χ4n) is 2.41. The molecule has 1 aromatic heterocycles. The molecule has 0 unspecified atom stereocenters. The number of hydrogen-bond donors (Lipinski definition) is 2. The first-order valence-electron chi connectivity index (χ1n) is 7.47. The van der Waals surface area contributed by atoms with Crippen molar-refractivity contribution < 1.29 is 23.8 Å². The number of imide groups is 1. The molecular weight excluding hydrogens is 328 g/mol. The van der Waals surface area contributed by atoms with Crippen LogP contribution in [0.5, 0.6) is 5.75 Å². The maximum atomic E-state index is 12.2. The first-order chi connectivity index (χ1) is 12.0. The second-order valence-electron chi connectivity index (χ2n) is 5.24. The second kappa shape index (κ2) is 6.73. The van der Waals surface area contributed by atoms with Crippen LogP contribution in [0.2, 0.25) is 0 Å². The topological polar surface area (TPSA) is 118 Å². The molecule has 130 valence electrons. The third-order valence-electron chi connectivity index (χ3n) is 3.57. The van der Waals surface area contributed by atoms with Crippen molar-refractivity contribution >= 4 is 17.5 Å². The van der Waals surface area contributed by atoms with Crippen molar-refractivity contribution in [1.82, 2.24) is 15.1 Å². The molecular formula is C16H16N4O5. The van der Waals surface area contributed by atoms with E-state index in [9.17, 15) is 9.59 Å². The zero-order valence-corrected chi connectivity index (χ0v) is 13.6. The summed E-state index contributed by atoms with van der Waals surface area (Å²) in [5, 5.41) is 19.6. The Hall–Kier alpha value is -3.20. The smallest absolute Gasteiger partial charge is 0.277 e. The van der Waals surface area contributed by atoms with Crippen LogP contribution in [-0.2, 0) is 9.59 Å². The molecule has 9 nitrogen and oxygen atoms in total. The van der Waals surface area contributed by atoms with Gasteiger partial charge in [0.2, 0.25) is 11.8 Å². The molecule has 1 aliphatic rings. The van der Waals surface area contributed by atoms with Crippen molar-refractivity contribution in [3.8, 4) is 17.2 Å². The maximum Gasteiger partial charge on any atom is 0.277 e. The molecule has 0 radical (unpaired) electrons. The molecule has 0 fully saturated rings. The van der Waals surface area contributed by atoms with Crippen molar-refractivity contribution in [3.05, 3.63) is 35.9 Å². The molecule has 0 bridgehead atoms. The quantitative estimate of drug-likeness (QED) is 0.736. The van der Waals surface area contributed by atoms with Gasteiger partial charge in [-0.3, -0.25) is 14.5 Å². The molecule has 0 saturated heterocycles. The lowest BCUT2D eigenvalue weighted by Gasteiger charge is -2.15. The molecule has 1 aromatic carbocycles. The summed E-state index contributed by atoms with van der Waals surface area (Å²) in [5.41, 5.74) is 1.19. The minimum atomic E-state index is -0.514. The molecule has 0 saturated carbocycles. The van der Waals surface area contributed by atoms with Crippen molar-refractivity contribution in [2.45, 2.75) is 6.92 Å². The number of anilines is 1. The fraction of sp³-hybridized carbons (Fsp3) is 0.250. The Morgan fingerprint density at radius 2 is 2.12 bits per heavy atom. The molecule has 9 heteroatoms. The summed E-state index contributed by atoms with van der Waals surface area (Å²) in [6.07, 6.45) is 1.18. The lowest BCUT2D eigenvalue weighted by Crippen LogP contribution is -2.34. The number of aliphatic hydroxyl groups excluding tert-OH is 1. The van der Waals surface area contributed by atoms with E-state index in [1.807, 2.05) is 0 Å². The number of benzene rings is 1. The van der Waals surface area contributed by atoms with Crippen molar-refractivity contribution in [3.63, 3.8) is 0 Å². The van der Waals surface area contributed by atoms with E-state index in [4.69, 9.17) is 14.3 Å². The summed E-state index contributed by atoms with van der Waals surface area (Å²) in [4.78, 5) is 25.0. The summed E-state index contributed by atoms with van der Waals surface area (Å²) in [6.45, 7) is 1.33.